The molecule has 0 bridgehead atoms. The van der Waals surface area contributed by atoms with Crippen molar-refractivity contribution in [1.29, 1.82) is 0 Å². The van der Waals surface area contributed by atoms with Gasteiger partial charge in [0, 0.05) is 5.76 Å². The minimum atomic E-state index is -0.124. The average molecular weight is 226 g/mol. The molecule has 0 fully saturated rings. The van der Waals surface area contributed by atoms with Gasteiger partial charge in [-0.2, -0.15) is 11.2 Å². The first-order valence-electron chi connectivity index (χ1n) is 2.57. The first kappa shape index (κ1) is 11.3. The average Bonchev–Trinajstić information content (AvgIpc) is 2.34. The third-order valence-electron chi connectivity index (χ3n) is 0.909. The number of aryl methyl sites for hydroxylation is 1. The number of nitrogens with zero attached hydrogens (tertiary/aromatic N) is 2. The van der Waals surface area contributed by atoms with Crippen molar-refractivity contribution in [2.24, 2.45) is 10.9 Å². The van der Waals surface area contributed by atoms with E-state index in [1.54, 1.807) is 6.92 Å². The molecule has 1 aromatic heterocycles. The molecule has 1 rings (SSSR count). The van der Waals surface area contributed by atoms with E-state index in [9.17, 15) is 0 Å². The van der Waals surface area contributed by atoms with Crippen molar-refractivity contribution in [3.63, 3.8) is 0 Å². The molecular weight excluding hydrogens is 220 g/mol. The fraction of sp³-hybridized carbons (Fsp3) is 0.200. The van der Waals surface area contributed by atoms with Crippen LogP contribution in [0.3, 0.4) is 0 Å². The van der Waals surface area contributed by atoms with Crippen LogP contribution in [0.15, 0.2) is 9.68 Å². The van der Waals surface area contributed by atoms with E-state index in [0.29, 0.717) is 5.69 Å². The van der Waals surface area contributed by atoms with Gasteiger partial charge in [-0.05, 0) is 12.6 Å². The predicted molar refractivity (Wildman–Crippen MR) is 32.6 cm³/mol. The van der Waals surface area contributed by atoms with Gasteiger partial charge in [0.15, 0.2) is 0 Å². The Labute approximate surface area is 112 Å². The van der Waals surface area contributed by atoms with Gasteiger partial charge in [0.05, 0.1) is 5.84 Å². The Morgan fingerprint density at radius 1 is 1.82 bits per heavy atom. The Bertz CT molecular complexity index is 258. The van der Waals surface area contributed by atoms with Crippen LogP contribution >= 0.6 is 0 Å². The summed E-state index contributed by atoms with van der Waals surface area (Å²) in [4.78, 5) is 0. The van der Waals surface area contributed by atoms with Gasteiger partial charge in [0.25, 0.3) is 0 Å². The van der Waals surface area contributed by atoms with E-state index in [4.69, 9.17) is 10.9 Å². The molecule has 0 unspecified atom stereocenters. The van der Waals surface area contributed by atoms with Crippen LogP contribution < -0.4 is 63.9 Å². The zero-order valence-corrected chi connectivity index (χ0v) is 11.2. The summed E-state index contributed by atoms with van der Waals surface area (Å²) in [7, 11) is 0. The Morgan fingerprint density at radius 3 is 2.82 bits per heavy atom. The number of amidine groups is 1. The van der Waals surface area contributed by atoms with E-state index in [0.717, 1.165) is 0 Å². The summed E-state index contributed by atoms with van der Waals surface area (Å²) in [6.45, 7) is 1.69. The number of nitrogens with two attached hydrogens (primary N) is 1. The van der Waals surface area contributed by atoms with Gasteiger partial charge in [0.2, 0.25) is 0 Å². The summed E-state index contributed by atoms with van der Waals surface area (Å²) in [5, 5.41) is 14.3. The minimum Gasteiger partial charge on any atom is -0.455 e. The molecule has 0 aliphatic heterocycles. The first-order chi connectivity index (χ1) is 4.74. The van der Waals surface area contributed by atoms with E-state index < -0.39 is 0 Å². The molecule has 0 atom stereocenters. The molecule has 3 N–H and O–H groups in total. The Balaban J connectivity index is 0.000001000. The molecule has 0 aliphatic carbocycles. The first-order valence-corrected chi connectivity index (χ1v) is 2.57. The van der Waals surface area contributed by atoms with Crippen LogP contribution in [0.1, 0.15) is 11.5 Å². The van der Waals surface area contributed by atoms with Crippen molar-refractivity contribution < 1.29 is 67.9 Å². The third-order valence-corrected chi connectivity index (χ3v) is 0.909. The Morgan fingerprint density at radius 2 is 2.45 bits per heavy atom. The quantitative estimate of drug-likeness (QED) is 0.174. The number of rotatable bonds is 1. The second-order valence-electron chi connectivity index (χ2n) is 1.71. The summed E-state index contributed by atoms with van der Waals surface area (Å²) in [6.07, 6.45) is 0. The molecule has 5 nitrogen and oxygen atoms in total. The number of oxime groups is 1. The number of hydrogen-bond acceptors (Lipinski definition) is 4. The van der Waals surface area contributed by atoms with Crippen molar-refractivity contribution in [1.82, 2.24) is 5.16 Å². The van der Waals surface area contributed by atoms with Crippen molar-refractivity contribution in [3.8, 4) is 0 Å². The maximum atomic E-state index is 8.15. The molecule has 0 aromatic carbocycles. The van der Waals surface area contributed by atoms with Crippen LogP contribution in [0.4, 0.5) is 0 Å². The standard InChI is InChI=1S/C5H6N3O2.Rb/c1-3-2-4(10-8-3)5(6)7-9;/h9H,1H3,(H2,6,7);/q-1;+1. The predicted octanol–water partition coefficient (Wildman–Crippen LogP) is -3.12. The van der Waals surface area contributed by atoms with Crippen LogP contribution in [0, 0.1) is 13.0 Å². The van der Waals surface area contributed by atoms with Gasteiger partial charge >= 0.3 is 58.2 Å². The van der Waals surface area contributed by atoms with Crippen molar-refractivity contribution in [2.45, 2.75) is 6.92 Å². The molecule has 0 spiro atoms. The fourth-order valence-corrected chi connectivity index (χ4v) is 0.480. The van der Waals surface area contributed by atoms with E-state index in [2.05, 4.69) is 20.9 Å². The molecule has 0 saturated carbocycles. The van der Waals surface area contributed by atoms with Crippen LogP contribution in [0.2, 0.25) is 0 Å². The summed E-state index contributed by atoms with van der Waals surface area (Å²) < 4.78 is 4.60. The summed E-state index contributed by atoms with van der Waals surface area (Å²) >= 11 is 0. The second kappa shape index (κ2) is 5.02. The van der Waals surface area contributed by atoms with E-state index in [1.807, 2.05) is 0 Å². The number of hydrogen-bond donors (Lipinski definition) is 2. The van der Waals surface area contributed by atoms with Crippen molar-refractivity contribution in [3.05, 3.63) is 17.5 Å². The SMILES string of the molecule is Cc1[c-]c(/C(N)=N/O)on1.[Rb+]. The molecule has 11 heavy (non-hydrogen) atoms. The van der Waals surface area contributed by atoms with Crippen LogP contribution in [-0.2, 0) is 0 Å². The molecule has 0 saturated heterocycles. The van der Waals surface area contributed by atoms with Crippen molar-refractivity contribution >= 4 is 5.84 Å². The summed E-state index contributed by atoms with van der Waals surface area (Å²) in [5.41, 5.74) is 5.71. The molecule has 0 amide bonds. The van der Waals surface area contributed by atoms with Crippen LogP contribution in [0.25, 0.3) is 0 Å². The second-order valence-corrected chi connectivity index (χ2v) is 1.71. The topological polar surface area (TPSA) is 84.6 Å². The van der Waals surface area contributed by atoms with E-state index >= 15 is 0 Å². The minimum absolute atomic E-state index is 0. The van der Waals surface area contributed by atoms with Gasteiger partial charge in [0.1, 0.15) is 0 Å². The molecule has 54 valence electrons. The normalized spacial score (nSPS) is 10.8. The fourth-order valence-electron chi connectivity index (χ4n) is 0.480. The number of aromatic nitrogens is 1. The molecule has 1 aromatic rings. The van der Waals surface area contributed by atoms with E-state index in [1.165, 1.54) is 0 Å². The smallest absolute Gasteiger partial charge is 0.455 e. The summed E-state index contributed by atoms with van der Waals surface area (Å²) in [6, 6.07) is 2.63. The molecule has 0 radical (unpaired) electrons. The monoisotopic (exact) mass is 225 g/mol. The molecule has 1 heterocycles. The third kappa shape index (κ3) is 3.02. The van der Waals surface area contributed by atoms with Gasteiger partial charge in [-0.25, -0.2) is 0 Å². The molecular formula is C5H6N3O2Rb. The van der Waals surface area contributed by atoms with E-state index in [-0.39, 0.29) is 69.8 Å². The maximum Gasteiger partial charge on any atom is 1.00 e. The zero-order chi connectivity index (χ0) is 7.56. The van der Waals surface area contributed by atoms with Gasteiger partial charge in [-0.3, -0.25) is 0 Å². The molecule has 6 heteroatoms. The zero-order valence-electron chi connectivity index (χ0n) is 6.33. The van der Waals surface area contributed by atoms with Crippen LogP contribution in [-0.4, -0.2) is 16.2 Å². The Kier molecular flexibility index (Phi) is 5.15. The van der Waals surface area contributed by atoms with Gasteiger partial charge in [-0.1, -0.05) is 0 Å². The van der Waals surface area contributed by atoms with Crippen molar-refractivity contribution in [2.75, 3.05) is 0 Å². The molecule has 0 aliphatic rings. The Hall–Kier alpha value is 0.285. The van der Waals surface area contributed by atoms with Crippen LogP contribution in [0.5, 0.6) is 0 Å². The van der Waals surface area contributed by atoms with Gasteiger partial charge in [-0.15, -0.1) is 5.16 Å². The largest absolute Gasteiger partial charge is 1.00 e. The summed E-state index contributed by atoms with van der Waals surface area (Å²) in [5.74, 6) is 0.0283. The maximum absolute atomic E-state index is 8.15. The van der Waals surface area contributed by atoms with Gasteiger partial charge < -0.3 is 15.5 Å².